The van der Waals surface area contributed by atoms with Crippen molar-refractivity contribution in [2.45, 2.75) is 31.8 Å². The number of anilines is 1. The van der Waals surface area contributed by atoms with Gasteiger partial charge in [0.05, 0.1) is 26.7 Å². The Morgan fingerprint density at radius 1 is 1.05 bits per heavy atom. The molecule has 0 bridgehead atoms. The van der Waals surface area contributed by atoms with Gasteiger partial charge >= 0.3 is 12.1 Å². The first-order valence-corrected chi connectivity index (χ1v) is 12.7. The van der Waals surface area contributed by atoms with Gasteiger partial charge in [0.25, 0.3) is 0 Å². The number of carboxylic acids is 1. The molecule has 188 valence electrons. The summed E-state index contributed by atoms with van der Waals surface area (Å²) in [5, 5.41) is 12.5. The number of halogens is 2. The molecule has 1 amide bonds. The van der Waals surface area contributed by atoms with Gasteiger partial charge in [-0.25, -0.2) is 9.18 Å². The third kappa shape index (κ3) is 5.08. The second-order valence-electron chi connectivity index (χ2n) is 8.95. The molecule has 1 aromatic heterocycles. The third-order valence-corrected chi connectivity index (χ3v) is 7.88. The van der Waals surface area contributed by atoms with Crippen molar-refractivity contribution in [1.29, 1.82) is 0 Å². The number of hydrogen-bond acceptors (Lipinski definition) is 5. The summed E-state index contributed by atoms with van der Waals surface area (Å²) in [7, 11) is 0. The number of hydrogen-bond donors (Lipinski definition) is 2. The fourth-order valence-electron chi connectivity index (χ4n) is 4.18. The van der Waals surface area contributed by atoms with Gasteiger partial charge in [0.15, 0.2) is 0 Å². The van der Waals surface area contributed by atoms with Gasteiger partial charge in [-0.15, -0.1) is 0 Å². The number of aromatic nitrogens is 1. The van der Waals surface area contributed by atoms with Gasteiger partial charge in [-0.3, -0.25) is 10.1 Å². The van der Waals surface area contributed by atoms with Crippen molar-refractivity contribution in [2.24, 2.45) is 0 Å². The van der Waals surface area contributed by atoms with E-state index in [-0.39, 0.29) is 11.6 Å². The Hall–Kier alpha value is -3.75. The highest BCUT2D eigenvalue weighted by Gasteiger charge is 2.51. The highest BCUT2D eigenvalue weighted by Crippen LogP contribution is 2.48. The zero-order valence-corrected chi connectivity index (χ0v) is 21.3. The number of ether oxygens (including phenoxy) is 1. The topological polar surface area (TPSA) is 88.5 Å². The lowest BCUT2D eigenvalue weighted by Crippen LogP contribution is -2.19. The van der Waals surface area contributed by atoms with Crippen LogP contribution in [-0.2, 0) is 21.6 Å². The van der Waals surface area contributed by atoms with Crippen LogP contribution in [0.3, 0.4) is 0 Å². The van der Waals surface area contributed by atoms with Crippen LogP contribution < -0.4 is 5.32 Å². The smallest absolute Gasteiger partial charge is 0.412 e. The number of rotatable bonds is 7. The van der Waals surface area contributed by atoms with Gasteiger partial charge in [-0.2, -0.15) is 4.37 Å². The van der Waals surface area contributed by atoms with Gasteiger partial charge in [0.2, 0.25) is 0 Å². The van der Waals surface area contributed by atoms with E-state index in [1.54, 1.807) is 6.92 Å². The van der Waals surface area contributed by atoms with E-state index >= 15 is 0 Å². The summed E-state index contributed by atoms with van der Waals surface area (Å²) in [6, 6.07) is 19.4. The van der Waals surface area contributed by atoms with E-state index in [4.69, 9.17) is 16.3 Å². The average molecular weight is 537 g/mol. The second-order valence-corrected chi connectivity index (χ2v) is 10.1. The summed E-state index contributed by atoms with van der Waals surface area (Å²) in [5.74, 6) is -1.23. The minimum absolute atomic E-state index is 0.0992. The number of aliphatic carboxylic acids is 1. The molecule has 9 heteroatoms. The van der Waals surface area contributed by atoms with Crippen LogP contribution in [-0.4, -0.2) is 21.5 Å². The molecule has 5 rings (SSSR count). The molecule has 3 aromatic carbocycles. The molecule has 0 aliphatic heterocycles. The summed E-state index contributed by atoms with van der Waals surface area (Å²) in [6.45, 7) is 1.70. The van der Waals surface area contributed by atoms with Crippen LogP contribution in [0.25, 0.3) is 21.6 Å². The maximum atomic E-state index is 13.2. The molecule has 37 heavy (non-hydrogen) atoms. The maximum Gasteiger partial charge on any atom is 0.412 e. The lowest BCUT2D eigenvalue weighted by molar-refractivity contribution is -0.140. The lowest BCUT2D eigenvalue weighted by Gasteiger charge is -2.11. The monoisotopic (exact) mass is 536 g/mol. The molecule has 4 aromatic rings. The predicted molar refractivity (Wildman–Crippen MR) is 141 cm³/mol. The summed E-state index contributed by atoms with van der Waals surface area (Å²) in [4.78, 5) is 24.8. The Morgan fingerprint density at radius 2 is 1.68 bits per heavy atom. The largest absolute Gasteiger partial charge is 0.481 e. The molecule has 1 aliphatic rings. The fraction of sp³-hybridized carbons (Fsp3) is 0.179. The summed E-state index contributed by atoms with van der Waals surface area (Å²) in [5.41, 5.74) is 4.68. The average Bonchev–Trinajstić information content (AvgIpc) is 3.63. The molecule has 0 atom stereocenters. The summed E-state index contributed by atoms with van der Waals surface area (Å²) in [6.07, 6.45) is 0.680. The van der Waals surface area contributed by atoms with Crippen LogP contribution in [0.1, 0.15) is 29.7 Å². The van der Waals surface area contributed by atoms with Crippen molar-refractivity contribution < 1.29 is 23.8 Å². The number of benzene rings is 3. The first-order chi connectivity index (χ1) is 17.8. The molecule has 0 radical (unpaired) electrons. The third-order valence-electron chi connectivity index (χ3n) is 6.54. The van der Waals surface area contributed by atoms with E-state index in [0.29, 0.717) is 29.8 Å². The van der Waals surface area contributed by atoms with Crippen LogP contribution in [0.2, 0.25) is 5.02 Å². The van der Waals surface area contributed by atoms with E-state index in [1.165, 1.54) is 29.7 Å². The number of aryl methyl sites for hydroxylation is 1. The zero-order chi connectivity index (χ0) is 26.2. The highest BCUT2D eigenvalue weighted by molar-refractivity contribution is 7.10. The summed E-state index contributed by atoms with van der Waals surface area (Å²) >= 11 is 7.27. The van der Waals surface area contributed by atoms with E-state index in [1.807, 2.05) is 48.5 Å². The van der Waals surface area contributed by atoms with Gasteiger partial charge in [0, 0.05) is 5.56 Å². The van der Waals surface area contributed by atoms with E-state index in [2.05, 4.69) is 9.69 Å². The van der Waals surface area contributed by atoms with Crippen molar-refractivity contribution in [3.8, 4) is 21.6 Å². The number of nitrogens with zero attached hydrogens (tertiary/aromatic N) is 1. The molecule has 1 saturated carbocycles. The lowest BCUT2D eigenvalue weighted by atomic mass is 9.93. The van der Waals surface area contributed by atoms with Crippen molar-refractivity contribution in [2.75, 3.05) is 5.32 Å². The molecule has 1 fully saturated rings. The molecule has 1 aliphatic carbocycles. The van der Waals surface area contributed by atoms with Gasteiger partial charge in [-0.05, 0) is 65.7 Å². The van der Waals surface area contributed by atoms with E-state index in [9.17, 15) is 19.1 Å². The standard InChI is InChI=1S/C28H22ClFN2O4S/c1-16-24(31-27(35)36-15-20-8-11-22(30)14-23(20)29)25(37-32-16)19-4-2-17(3-5-19)18-6-9-21(10-7-18)28(12-13-28)26(33)34/h2-11,14H,12-13,15H2,1H3,(H,31,35)(H,33,34). The van der Waals surface area contributed by atoms with Crippen molar-refractivity contribution >= 4 is 40.9 Å². The summed E-state index contributed by atoms with van der Waals surface area (Å²) < 4.78 is 22.9. The molecule has 0 saturated heterocycles. The molecule has 1 heterocycles. The maximum absolute atomic E-state index is 13.2. The zero-order valence-electron chi connectivity index (χ0n) is 19.8. The molecule has 0 unspecified atom stereocenters. The molecular weight excluding hydrogens is 515 g/mol. The van der Waals surface area contributed by atoms with Crippen LogP contribution >= 0.6 is 23.1 Å². The highest BCUT2D eigenvalue weighted by atomic mass is 35.5. The van der Waals surface area contributed by atoms with Crippen LogP contribution in [0.5, 0.6) is 0 Å². The van der Waals surface area contributed by atoms with E-state index in [0.717, 1.165) is 27.1 Å². The number of carbonyl (C=O) groups is 2. The molecule has 6 nitrogen and oxygen atoms in total. The van der Waals surface area contributed by atoms with Crippen LogP contribution in [0, 0.1) is 12.7 Å². The fourth-order valence-corrected chi connectivity index (χ4v) is 5.25. The van der Waals surface area contributed by atoms with Crippen LogP contribution in [0.4, 0.5) is 14.9 Å². The Kier molecular flexibility index (Phi) is 6.70. The van der Waals surface area contributed by atoms with Crippen molar-refractivity contribution in [3.63, 3.8) is 0 Å². The number of carbonyl (C=O) groups excluding carboxylic acids is 1. The minimum atomic E-state index is -0.767. The Bertz CT molecular complexity index is 1480. The van der Waals surface area contributed by atoms with Gasteiger partial charge in [-0.1, -0.05) is 66.2 Å². The molecule has 0 spiro atoms. The first kappa shape index (κ1) is 24.9. The number of amides is 1. The number of nitrogens with one attached hydrogen (secondary N) is 1. The van der Waals surface area contributed by atoms with E-state index < -0.39 is 23.3 Å². The SMILES string of the molecule is Cc1nsc(-c2ccc(-c3ccc(C4(C(=O)O)CC4)cc3)cc2)c1NC(=O)OCc1ccc(F)cc1Cl. The quantitative estimate of drug-likeness (QED) is 0.256. The Labute approximate surface area is 221 Å². The molecular formula is C28H22ClFN2O4S. The van der Waals surface area contributed by atoms with Crippen LogP contribution in [0.15, 0.2) is 66.7 Å². The molecule has 2 N–H and O–H groups in total. The minimum Gasteiger partial charge on any atom is -0.481 e. The first-order valence-electron chi connectivity index (χ1n) is 11.6. The van der Waals surface area contributed by atoms with Gasteiger partial charge in [0.1, 0.15) is 12.4 Å². The Balaban J connectivity index is 1.28. The van der Waals surface area contributed by atoms with Gasteiger partial charge < -0.3 is 9.84 Å². The number of carboxylic acid groups (broad SMARTS) is 1. The van der Waals surface area contributed by atoms with Crippen molar-refractivity contribution in [3.05, 3.63) is 94.4 Å². The van der Waals surface area contributed by atoms with Crippen molar-refractivity contribution in [1.82, 2.24) is 4.37 Å². The Morgan fingerprint density at radius 3 is 2.27 bits per heavy atom. The normalized spacial score (nSPS) is 13.7. The second kappa shape index (κ2) is 9.95. The predicted octanol–water partition coefficient (Wildman–Crippen LogP) is 7.44.